The lowest BCUT2D eigenvalue weighted by Crippen LogP contribution is -2.29. The van der Waals surface area contributed by atoms with Crippen LogP contribution >= 0.6 is 31.9 Å². The van der Waals surface area contributed by atoms with Crippen molar-refractivity contribution in [2.75, 3.05) is 0 Å². The second-order valence-electron chi connectivity index (χ2n) is 2.94. The Kier molecular flexibility index (Phi) is 2.74. The molecule has 0 bridgehead atoms. The van der Waals surface area contributed by atoms with Crippen LogP contribution in [0.15, 0.2) is 26.2 Å². The van der Waals surface area contributed by atoms with Crippen molar-refractivity contribution in [1.82, 2.24) is 10.3 Å². The molecule has 2 heterocycles. The molecule has 0 radical (unpaired) electrons. The van der Waals surface area contributed by atoms with Crippen LogP contribution in [0.1, 0.15) is 11.7 Å². The summed E-state index contributed by atoms with van der Waals surface area (Å²) in [6, 6.07) is 0.953. The summed E-state index contributed by atoms with van der Waals surface area (Å²) >= 11 is 6.64. The lowest BCUT2D eigenvalue weighted by atomic mass is 10.2. The van der Waals surface area contributed by atoms with E-state index >= 15 is 0 Å². The predicted molar refractivity (Wildman–Crippen MR) is 62.5 cm³/mol. The van der Waals surface area contributed by atoms with Gasteiger partial charge in [0.1, 0.15) is 11.9 Å². The molecule has 15 heavy (non-hydrogen) atoms. The number of rotatable bonds is 1. The number of halogens is 2. The summed E-state index contributed by atoms with van der Waals surface area (Å²) in [6.45, 7) is 0. The Labute approximate surface area is 102 Å². The Morgan fingerprint density at radius 1 is 1.47 bits per heavy atom. The number of aromatic nitrogens is 1. The van der Waals surface area contributed by atoms with Crippen LogP contribution in [-0.2, 0) is 0 Å². The summed E-state index contributed by atoms with van der Waals surface area (Å²) in [4.78, 5) is 18.7. The average Bonchev–Trinajstić information content (AvgIpc) is 2.45. The van der Waals surface area contributed by atoms with E-state index in [1.54, 1.807) is 6.20 Å². The number of urea groups is 1. The number of carbonyl (C=O) groups is 1. The van der Waals surface area contributed by atoms with Crippen molar-refractivity contribution < 1.29 is 4.79 Å². The minimum atomic E-state index is -0.444. The number of carbonyl (C=O) groups excluding carboxylic acids is 1. The second-order valence-corrected chi connectivity index (χ2v) is 4.71. The van der Waals surface area contributed by atoms with Crippen molar-refractivity contribution in [3.05, 3.63) is 26.9 Å². The normalized spacial score (nSPS) is 20.0. The maximum Gasteiger partial charge on any atom is 0.343 e. The summed E-state index contributed by atoms with van der Waals surface area (Å²) in [5, 5.41) is 2.60. The molecule has 2 rings (SSSR count). The van der Waals surface area contributed by atoms with Crippen LogP contribution in [0.25, 0.3) is 0 Å². The molecule has 0 spiro atoms. The zero-order chi connectivity index (χ0) is 11.0. The number of nitrogens with one attached hydrogen (secondary N) is 1. The highest BCUT2D eigenvalue weighted by Gasteiger charge is 2.27. The van der Waals surface area contributed by atoms with Crippen LogP contribution in [0.4, 0.5) is 4.79 Å². The molecular formula is C8H6Br2N4O. The number of nitrogens with zero attached hydrogens (tertiary/aromatic N) is 2. The molecule has 78 valence electrons. The standard InChI is InChI=1S/C8H6Br2N4O/c9-3-1-4(10)5(12-2-3)6-7(11)14-8(15)13-6/h1-2,6H,(H3,11,13,14,15). The van der Waals surface area contributed by atoms with Crippen molar-refractivity contribution >= 4 is 43.7 Å². The minimum absolute atomic E-state index is 0.232. The highest BCUT2D eigenvalue weighted by atomic mass is 79.9. The zero-order valence-electron chi connectivity index (χ0n) is 7.37. The van der Waals surface area contributed by atoms with Crippen LogP contribution in [-0.4, -0.2) is 16.9 Å². The van der Waals surface area contributed by atoms with Gasteiger partial charge in [-0.1, -0.05) is 0 Å². The molecule has 1 aliphatic heterocycles. The maximum absolute atomic E-state index is 11.0. The highest BCUT2D eigenvalue weighted by molar-refractivity contribution is 9.11. The fourth-order valence-corrected chi connectivity index (χ4v) is 2.47. The number of hydrogen-bond donors (Lipinski definition) is 2. The van der Waals surface area contributed by atoms with Gasteiger partial charge in [0.15, 0.2) is 0 Å². The first-order valence-electron chi connectivity index (χ1n) is 4.03. The van der Waals surface area contributed by atoms with E-state index in [0.29, 0.717) is 5.69 Å². The molecule has 1 atom stereocenters. The van der Waals surface area contributed by atoms with Crippen molar-refractivity contribution in [2.24, 2.45) is 10.7 Å². The lowest BCUT2D eigenvalue weighted by Gasteiger charge is -2.11. The first kappa shape index (κ1) is 10.6. The van der Waals surface area contributed by atoms with Gasteiger partial charge in [0.25, 0.3) is 0 Å². The molecule has 2 amide bonds. The van der Waals surface area contributed by atoms with Gasteiger partial charge in [-0.15, -0.1) is 0 Å². The summed E-state index contributed by atoms with van der Waals surface area (Å²) in [6.07, 6.45) is 1.64. The molecule has 1 aromatic rings. The van der Waals surface area contributed by atoms with E-state index in [4.69, 9.17) is 5.73 Å². The van der Waals surface area contributed by atoms with Crippen LogP contribution in [0.5, 0.6) is 0 Å². The van der Waals surface area contributed by atoms with Gasteiger partial charge in [0, 0.05) is 15.1 Å². The van der Waals surface area contributed by atoms with Gasteiger partial charge in [-0.3, -0.25) is 4.98 Å². The Bertz CT molecular complexity index is 460. The molecule has 7 heteroatoms. The number of amidine groups is 1. The summed E-state index contributed by atoms with van der Waals surface area (Å²) < 4.78 is 1.61. The molecule has 3 N–H and O–H groups in total. The Hall–Kier alpha value is -0.950. The first-order valence-corrected chi connectivity index (χ1v) is 5.62. The van der Waals surface area contributed by atoms with Crippen molar-refractivity contribution in [3.8, 4) is 0 Å². The largest absolute Gasteiger partial charge is 0.385 e. The van der Waals surface area contributed by atoms with Gasteiger partial charge in [-0.05, 0) is 37.9 Å². The fraction of sp³-hybridized carbons (Fsp3) is 0.125. The molecule has 1 aliphatic rings. The van der Waals surface area contributed by atoms with Crippen LogP contribution in [0, 0.1) is 0 Å². The first-order chi connectivity index (χ1) is 7.08. The van der Waals surface area contributed by atoms with Gasteiger partial charge >= 0.3 is 6.03 Å². The molecule has 0 aromatic carbocycles. The fourth-order valence-electron chi connectivity index (χ4n) is 1.26. The molecule has 1 unspecified atom stereocenters. The minimum Gasteiger partial charge on any atom is -0.385 e. The van der Waals surface area contributed by atoms with E-state index < -0.39 is 12.1 Å². The number of amides is 2. The highest BCUT2D eigenvalue weighted by Crippen LogP contribution is 2.26. The van der Waals surface area contributed by atoms with Crippen LogP contribution < -0.4 is 11.1 Å². The number of pyridine rings is 1. The van der Waals surface area contributed by atoms with Crippen LogP contribution in [0.3, 0.4) is 0 Å². The quantitative estimate of drug-likeness (QED) is 0.821. The van der Waals surface area contributed by atoms with E-state index in [1.165, 1.54) is 0 Å². The number of nitrogens with two attached hydrogens (primary N) is 1. The van der Waals surface area contributed by atoms with Gasteiger partial charge in [-0.25, -0.2) is 4.79 Å². The Morgan fingerprint density at radius 3 is 2.73 bits per heavy atom. The number of hydrogen-bond acceptors (Lipinski definition) is 3. The van der Waals surface area contributed by atoms with E-state index in [1.807, 2.05) is 6.07 Å². The summed E-state index contributed by atoms with van der Waals surface area (Å²) in [5.41, 5.74) is 6.25. The van der Waals surface area contributed by atoms with E-state index in [0.717, 1.165) is 8.95 Å². The molecule has 0 saturated heterocycles. The van der Waals surface area contributed by atoms with E-state index in [9.17, 15) is 4.79 Å². The van der Waals surface area contributed by atoms with Gasteiger partial charge in [-0.2, -0.15) is 4.99 Å². The molecule has 5 nitrogen and oxygen atoms in total. The third-order valence-electron chi connectivity index (χ3n) is 1.90. The predicted octanol–water partition coefficient (Wildman–Crippen LogP) is 1.73. The van der Waals surface area contributed by atoms with E-state index in [2.05, 4.69) is 47.2 Å². The third-order valence-corrected chi connectivity index (χ3v) is 2.97. The smallest absolute Gasteiger partial charge is 0.343 e. The second kappa shape index (κ2) is 3.90. The molecule has 0 aliphatic carbocycles. The third kappa shape index (κ3) is 2.03. The van der Waals surface area contributed by atoms with Gasteiger partial charge < -0.3 is 11.1 Å². The SMILES string of the molecule is NC1=NC(=O)NC1c1ncc(Br)cc1Br. The summed E-state index contributed by atoms with van der Waals surface area (Å²) in [5.74, 6) is 0.232. The van der Waals surface area contributed by atoms with Crippen molar-refractivity contribution in [1.29, 1.82) is 0 Å². The van der Waals surface area contributed by atoms with Crippen LogP contribution in [0.2, 0.25) is 0 Å². The zero-order valence-corrected chi connectivity index (χ0v) is 10.5. The van der Waals surface area contributed by atoms with E-state index in [-0.39, 0.29) is 5.84 Å². The van der Waals surface area contributed by atoms with Crippen molar-refractivity contribution in [2.45, 2.75) is 6.04 Å². The average molecular weight is 334 g/mol. The number of aliphatic imine (C=N–C) groups is 1. The molecule has 1 aromatic heterocycles. The molecule has 0 saturated carbocycles. The monoisotopic (exact) mass is 332 g/mol. The van der Waals surface area contributed by atoms with Gasteiger partial charge in [0.2, 0.25) is 0 Å². The molecule has 0 fully saturated rings. The Morgan fingerprint density at radius 2 is 2.20 bits per heavy atom. The topological polar surface area (TPSA) is 80.4 Å². The molecular weight excluding hydrogens is 328 g/mol. The lowest BCUT2D eigenvalue weighted by molar-refractivity contribution is 0.250. The van der Waals surface area contributed by atoms with Crippen molar-refractivity contribution in [3.63, 3.8) is 0 Å². The van der Waals surface area contributed by atoms with Gasteiger partial charge in [0.05, 0.1) is 5.69 Å². The maximum atomic E-state index is 11.0. The summed E-state index contributed by atoms with van der Waals surface area (Å²) in [7, 11) is 0. The Balaban J connectivity index is 2.39.